The van der Waals surface area contributed by atoms with Crippen molar-refractivity contribution in [1.82, 2.24) is 26.6 Å². The fourth-order valence-corrected chi connectivity index (χ4v) is 21.4. The van der Waals surface area contributed by atoms with Crippen LogP contribution in [-0.4, -0.2) is 112 Å². The van der Waals surface area contributed by atoms with Crippen LogP contribution in [0.25, 0.3) is 0 Å². The number of allylic oxidation sites excluding steroid dienone is 8. The van der Waals surface area contributed by atoms with E-state index >= 15 is 14.4 Å². The molecule has 482 valence electrons. The van der Waals surface area contributed by atoms with Crippen LogP contribution in [-0.2, 0) is 20.7 Å². The van der Waals surface area contributed by atoms with E-state index in [0.29, 0.717) is 94.2 Å². The number of Topliss-reactive ketones (excluding diaryl/α,β-unsaturated/α-hetero) is 2. The number of nitrogens with two attached hydrogens (primary N) is 1. The zero-order chi connectivity index (χ0) is 62.9. The normalized spacial score (nSPS) is 41.2. The Morgan fingerprint density at radius 2 is 1.82 bits per heavy atom. The Labute approximate surface area is 536 Å². The minimum atomic E-state index is -2.38. The van der Waals surface area contributed by atoms with Gasteiger partial charge >= 0.3 is 5.97 Å². The van der Waals surface area contributed by atoms with Gasteiger partial charge in [0.15, 0.2) is 11.4 Å². The van der Waals surface area contributed by atoms with Crippen LogP contribution < -0.4 is 32.3 Å². The SMILES string of the molecule is CN[C@@H]1CCC2=C(NCC=C2CC/C(C)=C(\CO)C[C@@]23O[C@@]24C(=O)O[C@@H]2[C@H]5C[C@H](O)[C@@]67CC[C@H](CO)[C@@H]6CC#C[C@H](C)N[C@]68C=C9C=CC[C@@H](CCCC[C@@](C)(CC%10=CNC(N)C(=C%10)[C@@H](c%10cccc(O)c%10)C[C@@H]7[C@@H]5C6)Cc5cccc(c5C4=O)C3=O)[C@@H]9C[C@H]28)N1. The second-order valence-corrected chi connectivity index (χ2v) is 30.5. The molecular weight excluding hydrogens is 1140 g/mol. The van der Waals surface area contributed by atoms with Crippen molar-refractivity contribution in [3.63, 3.8) is 0 Å². The number of rotatable bonds is 9. The number of hydrogen-bond donors (Lipinski definition) is 10. The molecule has 11 N–H and O–H groups in total. The van der Waals surface area contributed by atoms with Crippen LogP contribution in [0.3, 0.4) is 0 Å². The third-order valence-corrected chi connectivity index (χ3v) is 25.7. The highest BCUT2D eigenvalue weighted by Crippen LogP contribution is 2.69. The number of benzene rings is 2. The molecule has 7 aliphatic heterocycles. The van der Waals surface area contributed by atoms with E-state index in [2.05, 4.69) is 94.9 Å². The van der Waals surface area contributed by atoms with E-state index in [1.807, 2.05) is 38.2 Å². The molecule has 19 atom stereocenters. The first-order valence-corrected chi connectivity index (χ1v) is 34.6. The molecule has 1 saturated heterocycles. The molecule has 15 rings (SSSR count). The zero-order valence-electron chi connectivity index (χ0n) is 53.6. The summed E-state index contributed by atoms with van der Waals surface area (Å²) in [6.07, 6.45) is 24.2. The summed E-state index contributed by atoms with van der Waals surface area (Å²) < 4.78 is 14.6. The first kappa shape index (κ1) is 61.1. The lowest BCUT2D eigenvalue weighted by Gasteiger charge is -2.64. The summed E-state index contributed by atoms with van der Waals surface area (Å²) in [5.41, 5.74) is 10.2. The summed E-state index contributed by atoms with van der Waals surface area (Å²) >= 11 is 0. The van der Waals surface area contributed by atoms with Crippen molar-refractivity contribution in [3.8, 4) is 17.6 Å². The molecule has 3 spiro atoms. The first-order valence-electron chi connectivity index (χ1n) is 34.6. The number of aromatic hydroxyl groups is 1. The second kappa shape index (κ2) is 23.1. The number of dihydropyridines is 2. The first-order chi connectivity index (χ1) is 44.0. The van der Waals surface area contributed by atoms with Gasteiger partial charge in [0.25, 0.3) is 5.60 Å². The summed E-state index contributed by atoms with van der Waals surface area (Å²) in [5, 5.41) is 66.7. The maximum absolute atomic E-state index is 16.9. The molecule has 15 nitrogen and oxygen atoms in total. The minimum Gasteiger partial charge on any atom is -0.508 e. The van der Waals surface area contributed by atoms with Crippen LogP contribution in [0.5, 0.6) is 5.75 Å². The van der Waals surface area contributed by atoms with E-state index in [1.165, 1.54) is 16.7 Å². The molecule has 2 aromatic carbocycles. The van der Waals surface area contributed by atoms with Gasteiger partial charge < -0.3 is 56.9 Å². The van der Waals surface area contributed by atoms with Crippen LogP contribution in [0.15, 0.2) is 124 Å². The smallest absolute Gasteiger partial charge is 0.350 e. The molecule has 1 unspecified atom stereocenters. The number of aliphatic hydroxyl groups is 3. The molecule has 2 aromatic rings. The Morgan fingerprint density at radius 3 is 2.65 bits per heavy atom. The third kappa shape index (κ3) is 9.78. The number of nitrogens with one attached hydrogen (secondary N) is 5. The Balaban J connectivity index is 0.939. The van der Waals surface area contributed by atoms with Crippen molar-refractivity contribution in [1.29, 1.82) is 0 Å². The van der Waals surface area contributed by atoms with E-state index in [0.717, 1.165) is 73.0 Å². The highest BCUT2D eigenvalue weighted by Gasteiger charge is 2.86. The van der Waals surface area contributed by atoms with Crippen LogP contribution in [0.1, 0.15) is 174 Å². The standard InChI is InChI=1S/C76H94N6O9/c1-42(20-21-46-25-28-79-70-53(46)22-23-64(78-4)81-70)51(41-84)37-75-67(87)54-18-10-16-49-35-72(3)26-6-5-12-45-13-8-15-48-36-73-38-59-57(66(62(73)31-55(45)48)90-71(89)76(75,91-75)68(88)65(49)54)33-63(86)74(27-24-50(40-83)60(74)19-7-11-43(2)82-73)61(59)32-56(47-14-9-17-52(85)30-47)58-29-44(34-72)39-80-69(58)77/h8-10,14-18,25,29-30,36,39,43,45,50,55-57,59-64,66,69,78-86H,5-6,12-13,19-24,26-28,31-35,37-38,40-41,77H2,1-4H3/b51-42-/t43-,45+,50+,55-,56+,57-,59+,60-,61+,62+,63-,64-,66+,69?,72-,73+,74-,75-,76-/m0/s1. The molecule has 6 aliphatic carbocycles. The number of esters is 1. The van der Waals surface area contributed by atoms with E-state index in [9.17, 15) is 20.4 Å². The van der Waals surface area contributed by atoms with Gasteiger partial charge in [0.2, 0.25) is 5.78 Å². The van der Waals surface area contributed by atoms with Crippen molar-refractivity contribution < 1.29 is 44.3 Å². The number of phenolic OH excluding ortho intramolecular Hbond substituents is 1. The van der Waals surface area contributed by atoms with Crippen molar-refractivity contribution in [2.75, 3.05) is 26.8 Å². The number of epoxide rings is 1. The number of carbonyl (C=O) groups is 3. The maximum Gasteiger partial charge on any atom is 0.350 e. The molecule has 15 heteroatoms. The van der Waals surface area contributed by atoms with E-state index in [1.54, 1.807) is 12.1 Å². The molecule has 0 amide bonds. The molecule has 0 radical (unpaired) electrons. The number of fused-ring (bicyclic) bond motifs is 3. The van der Waals surface area contributed by atoms with Gasteiger partial charge in [-0.2, -0.15) is 0 Å². The Hall–Kier alpha value is -6.09. The lowest BCUT2D eigenvalue weighted by molar-refractivity contribution is -0.206. The monoisotopic (exact) mass is 1230 g/mol. The van der Waals surface area contributed by atoms with E-state index in [-0.39, 0.29) is 83.5 Å². The summed E-state index contributed by atoms with van der Waals surface area (Å²) in [6.45, 7) is 6.65. The van der Waals surface area contributed by atoms with Crippen molar-refractivity contribution in [3.05, 3.63) is 146 Å². The summed E-state index contributed by atoms with van der Waals surface area (Å²) in [4.78, 5) is 49.9. The van der Waals surface area contributed by atoms with Gasteiger partial charge in [-0.1, -0.05) is 92.0 Å². The molecule has 4 fully saturated rings. The largest absolute Gasteiger partial charge is 0.508 e. The highest BCUT2D eigenvalue weighted by atomic mass is 16.7. The van der Waals surface area contributed by atoms with Crippen molar-refractivity contribution in [2.24, 2.45) is 63.9 Å². The number of aliphatic hydroxyl groups excluding tert-OH is 3. The average Bonchev–Trinajstić information content (AvgIpc) is 1.49. The molecule has 7 heterocycles. The predicted octanol–water partition coefficient (Wildman–Crippen LogP) is 9.02. The maximum atomic E-state index is 16.9. The molecule has 3 saturated carbocycles. The minimum absolute atomic E-state index is 0.0378. The number of hydrogen-bond acceptors (Lipinski definition) is 15. The van der Waals surface area contributed by atoms with Crippen LogP contribution in [0.4, 0.5) is 0 Å². The Bertz CT molecular complexity index is 3640. The number of carbonyl (C=O) groups excluding carboxylic acids is 3. The summed E-state index contributed by atoms with van der Waals surface area (Å²) in [7, 11) is 1.96. The van der Waals surface area contributed by atoms with Crippen LogP contribution in [0.2, 0.25) is 0 Å². The number of ether oxygens (including phenoxy) is 2. The second-order valence-electron chi connectivity index (χ2n) is 30.5. The van der Waals surface area contributed by atoms with Gasteiger partial charge in [-0.25, -0.2) is 4.79 Å². The summed E-state index contributed by atoms with van der Waals surface area (Å²) in [6, 6.07) is 12.8. The topological polar surface area (TPSA) is 240 Å². The van der Waals surface area contributed by atoms with Gasteiger partial charge in [-0.05, 0) is 215 Å². The lowest BCUT2D eigenvalue weighted by Crippen LogP contribution is -2.69. The van der Waals surface area contributed by atoms with Crippen LogP contribution >= 0.6 is 0 Å². The third-order valence-electron chi connectivity index (χ3n) is 25.7. The fraction of sp³-hybridized carbons (Fsp3) is 0.592. The van der Waals surface area contributed by atoms with Gasteiger partial charge in [0.1, 0.15) is 17.7 Å². The highest BCUT2D eigenvalue weighted by molar-refractivity contribution is 6.33. The molecular formula is C76H94N6O9. The molecule has 91 heavy (non-hydrogen) atoms. The molecule has 13 aliphatic rings. The van der Waals surface area contributed by atoms with E-state index < -0.39 is 76.0 Å². The van der Waals surface area contributed by atoms with Crippen molar-refractivity contribution >= 4 is 17.5 Å². The zero-order valence-corrected chi connectivity index (χ0v) is 53.6. The van der Waals surface area contributed by atoms with Crippen LogP contribution in [0, 0.1) is 70.0 Å². The van der Waals surface area contributed by atoms with Gasteiger partial charge in [-0.3, -0.25) is 14.9 Å². The van der Waals surface area contributed by atoms with E-state index in [4.69, 9.17) is 15.2 Å². The van der Waals surface area contributed by atoms with Gasteiger partial charge in [0.05, 0.1) is 31.1 Å². The number of ketones is 2. The molecule has 0 aromatic heterocycles. The Morgan fingerprint density at radius 1 is 0.967 bits per heavy atom. The number of phenols is 1. The van der Waals surface area contributed by atoms with Gasteiger partial charge in [-0.15, -0.1) is 5.92 Å². The fourth-order valence-electron chi connectivity index (χ4n) is 21.4. The van der Waals surface area contributed by atoms with Gasteiger partial charge in [0, 0.05) is 72.0 Å². The lowest BCUT2D eigenvalue weighted by atomic mass is 9.43. The quantitative estimate of drug-likeness (QED) is 0.0371. The molecule has 13 bridgehead atoms. The average molecular weight is 1240 g/mol. The summed E-state index contributed by atoms with van der Waals surface area (Å²) in [5.74, 6) is 5.16. The predicted molar refractivity (Wildman–Crippen MR) is 347 cm³/mol. The van der Waals surface area contributed by atoms with Crippen molar-refractivity contribution in [2.45, 2.75) is 196 Å². The Kier molecular flexibility index (Phi) is 15.5.